The van der Waals surface area contributed by atoms with E-state index in [1.54, 1.807) is 6.33 Å². The van der Waals surface area contributed by atoms with Crippen molar-refractivity contribution in [2.24, 2.45) is 0 Å². The Kier molecular flexibility index (Phi) is 4.47. The Morgan fingerprint density at radius 2 is 2.18 bits per heavy atom. The third kappa shape index (κ3) is 3.32. The van der Waals surface area contributed by atoms with E-state index in [4.69, 9.17) is 0 Å². The molecule has 1 aliphatic rings. The van der Waals surface area contributed by atoms with Gasteiger partial charge in [-0.2, -0.15) is 5.10 Å². The van der Waals surface area contributed by atoms with Crippen LogP contribution in [-0.4, -0.2) is 42.7 Å². The molecule has 1 fully saturated rings. The van der Waals surface area contributed by atoms with Crippen molar-refractivity contribution in [3.8, 4) is 0 Å². The molecule has 0 aromatic carbocycles. The van der Waals surface area contributed by atoms with Crippen molar-refractivity contribution in [3.05, 3.63) is 35.9 Å². The summed E-state index contributed by atoms with van der Waals surface area (Å²) in [5.74, 6) is 2.40. The molecule has 0 spiro atoms. The number of piperidine rings is 1. The summed E-state index contributed by atoms with van der Waals surface area (Å²) in [4.78, 5) is 15.7. The fourth-order valence-corrected chi connectivity index (χ4v) is 3.16. The molecule has 2 aromatic heterocycles. The number of rotatable bonds is 4. The Morgan fingerprint density at radius 1 is 1.32 bits per heavy atom. The highest BCUT2D eigenvalue weighted by molar-refractivity contribution is 5.10. The molecule has 3 heterocycles. The van der Waals surface area contributed by atoms with Crippen LogP contribution in [0.2, 0.25) is 0 Å². The second kappa shape index (κ2) is 6.52. The van der Waals surface area contributed by atoms with Crippen LogP contribution in [0, 0.1) is 6.92 Å². The van der Waals surface area contributed by atoms with E-state index in [1.807, 2.05) is 17.8 Å². The van der Waals surface area contributed by atoms with Gasteiger partial charge in [0.15, 0.2) is 0 Å². The Hall–Kier alpha value is -1.82. The van der Waals surface area contributed by atoms with E-state index in [-0.39, 0.29) is 0 Å². The maximum atomic E-state index is 4.60. The average molecular weight is 300 g/mol. The van der Waals surface area contributed by atoms with Gasteiger partial charge in [-0.15, -0.1) is 0 Å². The summed E-state index contributed by atoms with van der Waals surface area (Å²) in [6, 6.07) is 2.40. The van der Waals surface area contributed by atoms with Crippen LogP contribution in [0.15, 0.2) is 18.6 Å². The van der Waals surface area contributed by atoms with Crippen LogP contribution < -0.4 is 0 Å². The van der Waals surface area contributed by atoms with E-state index in [1.165, 1.54) is 18.5 Å². The molecule has 0 N–H and O–H groups in total. The molecule has 3 rings (SSSR count). The summed E-state index contributed by atoms with van der Waals surface area (Å²) in [5, 5.41) is 4.33. The average Bonchev–Trinajstić information content (AvgIpc) is 2.96. The summed E-state index contributed by atoms with van der Waals surface area (Å²) in [5.41, 5.74) is 1.17. The lowest BCUT2D eigenvalue weighted by Gasteiger charge is -2.32. The molecule has 118 valence electrons. The number of likely N-dealkylation sites (tertiary alicyclic amines) is 1. The van der Waals surface area contributed by atoms with Gasteiger partial charge in [-0.05, 0) is 46.2 Å². The third-order valence-electron chi connectivity index (χ3n) is 4.22. The first-order chi connectivity index (χ1) is 10.6. The SMILES string of the molecule is Cc1nccc(C2CCCN(Cc3ncnn3C(C)C)C2)n1. The monoisotopic (exact) mass is 300 g/mol. The van der Waals surface area contributed by atoms with Gasteiger partial charge in [0.1, 0.15) is 18.0 Å². The van der Waals surface area contributed by atoms with Crippen molar-refractivity contribution in [1.82, 2.24) is 29.6 Å². The molecule has 22 heavy (non-hydrogen) atoms. The van der Waals surface area contributed by atoms with E-state index in [0.717, 1.165) is 31.3 Å². The van der Waals surface area contributed by atoms with Gasteiger partial charge >= 0.3 is 0 Å². The van der Waals surface area contributed by atoms with Crippen LogP contribution in [0.1, 0.15) is 56.0 Å². The molecule has 1 unspecified atom stereocenters. The molecular formula is C16H24N6. The molecule has 1 atom stereocenters. The predicted octanol–water partition coefficient (Wildman–Crippen LogP) is 2.34. The molecule has 0 amide bonds. The van der Waals surface area contributed by atoms with Gasteiger partial charge in [0.25, 0.3) is 0 Å². The van der Waals surface area contributed by atoms with Crippen LogP contribution >= 0.6 is 0 Å². The highest BCUT2D eigenvalue weighted by atomic mass is 15.4. The summed E-state index contributed by atoms with van der Waals surface area (Å²) in [6.07, 6.45) is 5.92. The molecule has 2 aromatic rings. The van der Waals surface area contributed by atoms with Crippen molar-refractivity contribution < 1.29 is 0 Å². The van der Waals surface area contributed by atoms with Gasteiger partial charge in [-0.25, -0.2) is 19.6 Å². The zero-order valence-electron chi connectivity index (χ0n) is 13.6. The first kappa shape index (κ1) is 15.1. The number of aromatic nitrogens is 5. The summed E-state index contributed by atoms with van der Waals surface area (Å²) in [6.45, 7) is 9.24. The second-order valence-corrected chi connectivity index (χ2v) is 6.32. The fourth-order valence-electron chi connectivity index (χ4n) is 3.16. The Labute approximate surface area is 131 Å². The van der Waals surface area contributed by atoms with Crippen LogP contribution in [0.5, 0.6) is 0 Å². The minimum Gasteiger partial charge on any atom is -0.295 e. The van der Waals surface area contributed by atoms with Crippen molar-refractivity contribution in [2.45, 2.75) is 52.1 Å². The Morgan fingerprint density at radius 3 is 2.95 bits per heavy atom. The van der Waals surface area contributed by atoms with Crippen LogP contribution in [0.4, 0.5) is 0 Å². The second-order valence-electron chi connectivity index (χ2n) is 6.32. The highest BCUT2D eigenvalue weighted by Crippen LogP contribution is 2.26. The van der Waals surface area contributed by atoms with Crippen molar-refractivity contribution in [3.63, 3.8) is 0 Å². The van der Waals surface area contributed by atoms with Gasteiger partial charge in [0.05, 0.1) is 6.54 Å². The van der Waals surface area contributed by atoms with E-state index in [2.05, 4.69) is 44.9 Å². The molecule has 0 bridgehead atoms. The van der Waals surface area contributed by atoms with Gasteiger partial charge in [-0.1, -0.05) is 0 Å². The topological polar surface area (TPSA) is 59.7 Å². The van der Waals surface area contributed by atoms with Gasteiger partial charge < -0.3 is 0 Å². The molecule has 0 saturated carbocycles. The van der Waals surface area contributed by atoms with Crippen molar-refractivity contribution in [1.29, 1.82) is 0 Å². The fraction of sp³-hybridized carbons (Fsp3) is 0.625. The lowest BCUT2D eigenvalue weighted by Crippen LogP contribution is -2.35. The standard InChI is InChI=1S/C16H24N6/c1-12(2)22-16(18-11-19-22)10-21-8-4-5-14(9-21)15-6-7-17-13(3)20-15/h6-7,11-12,14H,4-5,8-10H2,1-3H3. The molecule has 6 heteroatoms. The number of nitrogens with zero attached hydrogens (tertiary/aromatic N) is 6. The highest BCUT2D eigenvalue weighted by Gasteiger charge is 2.24. The van der Waals surface area contributed by atoms with Crippen molar-refractivity contribution in [2.75, 3.05) is 13.1 Å². The molecule has 1 saturated heterocycles. The zero-order valence-corrected chi connectivity index (χ0v) is 13.6. The molecule has 1 aliphatic heterocycles. The molecule has 6 nitrogen and oxygen atoms in total. The Balaban J connectivity index is 1.69. The van der Waals surface area contributed by atoms with Crippen LogP contribution in [-0.2, 0) is 6.54 Å². The van der Waals surface area contributed by atoms with Gasteiger partial charge in [0, 0.05) is 30.4 Å². The van der Waals surface area contributed by atoms with E-state index < -0.39 is 0 Å². The first-order valence-corrected chi connectivity index (χ1v) is 8.03. The summed E-state index contributed by atoms with van der Waals surface area (Å²) < 4.78 is 2.01. The summed E-state index contributed by atoms with van der Waals surface area (Å²) in [7, 11) is 0. The summed E-state index contributed by atoms with van der Waals surface area (Å²) >= 11 is 0. The van der Waals surface area contributed by atoms with E-state index in [0.29, 0.717) is 12.0 Å². The molecule has 0 aliphatic carbocycles. The van der Waals surface area contributed by atoms with Gasteiger partial charge in [0.2, 0.25) is 0 Å². The van der Waals surface area contributed by atoms with Crippen LogP contribution in [0.25, 0.3) is 0 Å². The first-order valence-electron chi connectivity index (χ1n) is 8.03. The smallest absolute Gasteiger partial charge is 0.141 e. The molecular weight excluding hydrogens is 276 g/mol. The Bertz CT molecular complexity index is 621. The zero-order chi connectivity index (χ0) is 15.5. The molecule has 0 radical (unpaired) electrons. The maximum absolute atomic E-state index is 4.60. The third-order valence-corrected chi connectivity index (χ3v) is 4.22. The minimum atomic E-state index is 0.350. The number of hydrogen-bond donors (Lipinski definition) is 0. The predicted molar refractivity (Wildman–Crippen MR) is 84.4 cm³/mol. The van der Waals surface area contributed by atoms with E-state index in [9.17, 15) is 0 Å². The lowest BCUT2D eigenvalue weighted by atomic mass is 9.94. The number of aryl methyl sites for hydroxylation is 1. The maximum Gasteiger partial charge on any atom is 0.141 e. The minimum absolute atomic E-state index is 0.350. The van der Waals surface area contributed by atoms with Crippen LogP contribution in [0.3, 0.4) is 0 Å². The normalized spacial score (nSPS) is 19.7. The number of hydrogen-bond acceptors (Lipinski definition) is 5. The van der Waals surface area contributed by atoms with Crippen molar-refractivity contribution >= 4 is 0 Å². The lowest BCUT2D eigenvalue weighted by molar-refractivity contribution is 0.190. The van der Waals surface area contributed by atoms with E-state index >= 15 is 0 Å². The quantitative estimate of drug-likeness (QED) is 0.867. The largest absolute Gasteiger partial charge is 0.295 e. The van der Waals surface area contributed by atoms with Gasteiger partial charge in [-0.3, -0.25) is 4.90 Å².